The maximum absolute atomic E-state index is 13.4. The fraction of sp³-hybridized carbons (Fsp3) is 0.179. The number of carbonyl (C=O) groups is 2. The van der Waals surface area contributed by atoms with Gasteiger partial charge in [0.1, 0.15) is 11.5 Å². The van der Waals surface area contributed by atoms with Gasteiger partial charge in [-0.2, -0.15) is 0 Å². The number of aliphatic hydroxyl groups excluding tert-OH is 1. The molecule has 1 aliphatic rings. The minimum Gasteiger partial charge on any atom is -0.507 e. The Morgan fingerprint density at radius 2 is 1.69 bits per heavy atom. The lowest BCUT2D eigenvalue weighted by Crippen LogP contribution is -2.29. The first-order valence-corrected chi connectivity index (χ1v) is 12.0. The number of methoxy groups -OCH3 is 1. The number of ketones is 1. The minimum absolute atomic E-state index is 0.0406. The van der Waals surface area contributed by atoms with Gasteiger partial charge in [0.05, 0.1) is 28.9 Å². The summed E-state index contributed by atoms with van der Waals surface area (Å²) in [5, 5.41) is 11.8. The molecule has 0 aliphatic carbocycles. The van der Waals surface area contributed by atoms with Gasteiger partial charge in [-0.3, -0.25) is 14.5 Å². The van der Waals surface area contributed by atoms with Crippen molar-refractivity contribution in [2.75, 3.05) is 12.0 Å². The molecule has 1 aromatic heterocycles. The van der Waals surface area contributed by atoms with Gasteiger partial charge in [0, 0.05) is 5.56 Å². The van der Waals surface area contributed by atoms with Crippen molar-refractivity contribution in [3.63, 3.8) is 0 Å². The number of anilines is 1. The van der Waals surface area contributed by atoms with Crippen LogP contribution in [0.5, 0.6) is 5.75 Å². The predicted molar refractivity (Wildman–Crippen MR) is 138 cm³/mol. The quantitative estimate of drug-likeness (QED) is 0.223. The predicted octanol–water partition coefficient (Wildman–Crippen LogP) is 5.86. The molecule has 1 aliphatic heterocycles. The van der Waals surface area contributed by atoms with Gasteiger partial charge in [0.2, 0.25) is 0 Å². The van der Waals surface area contributed by atoms with Crippen molar-refractivity contribution >= 4 is 44.1 Å². The molecule has 1 atom stereocenters. The van der Waals surface area contributed by atoms with E-state index >= 15 is 0 Å². The molecule has 2 heterocycles. The third-order valence-corrected chi connectivity index (χ3v) is 7.26. The van der Waals surface area contributed by atoms with Gasteiger partial charge >= 0.3 is 5.91 Å². The van der Waals surface area contributed by atoms with Crippen LogP contribution in [-0.4, -0.2) is 28.9 Å². The van der Waals surface area contributed by atoms with Gasteiger partial charge in [0.15, 0.2) is 5.13 Å². The molecule has 1 fully saturated rings. The van der Waals surface area contributed by atoms with Crippen LogP contribution >= 0.6 is 11.3 Å². The average molecular weight is 485 g/mol. The summed E-state index contributed by atoms with van der Waals surface area (Å²) >= 11 is 1.35. The third kappa shape index (κ3) is 3.88. The van der Waals surface area contributed by atoms with Crippen molar-refractivity contribution in [3.05, 3.63) is 94.1 Å². The Kier molecular flexibility index (Phi) is 5.65. The highest BCUT2D eigenvalue weighted by Crippen LogP contribution is 2.44. The zero-order valence-electron chi connectivity index (χ0n) is 19.8. The van der Waals surface area contributed by atoms with Gasteiger partial charge in [-0.15, -0.1) is 0 Å². The molecule has 3 aromatic carbocycles. The first-order chi connectivity index (χ1) is 16.8. The van der Waals surface area contributed by atoms with Crippen LogP contribution in [0.2, 0.25) is 0 Å². The normalized spacial score (nSPS) is 17.4. The van der Waals surface area contributed by atoms with Crippen LogP contribution in [0.1, 0.15) is 33.9 Å². The first kappa shape index (κ1) is 22.8. The number of ether oxygens (including phenoxy) is 1. The molecule has 0 spiro atoms. The smallest absolute Gasteiger partial charge is 0.301 e. The number of carbonyl (C=O) groups excluding carboxylic acids is 2. The highest BCUT2D eigenvalue weighted by Gasteiger charge is 2.48. The second-order valence-electron chi connectivity index (χ2n) is 8.73. The Balaban J connectivity index is 1.72. The summed E-state index contributed by atoms with van der Waals surface area (Å²) < 4.78 is 6.25. The van der Waals surface area contributed by atoms with E-state index < -0.39 is 17.7 Å². The summed E-state index contributed by atoms with van der Waals surface area (Å²) in [6.45, 7) is 5.82. The van der Waals surface area contributed by atoms with Gasteiger partial charge in [-0.05, 0) is 67.8 Å². The van der Waals surface area contributed by atoms with Crippen molar-refractivity contribution in [1.82, 2.24) is 4.98 Å². The van der Waals surface area contributed by atoms with E-state index in [2.05, 4.69) is 4.98 Å². The van der Waals surface area contributed by atoms with E-state index in [1.54, 1.807) is 25.3 Å². The SMILES string of the molecule is COc1ccc(C(O)=C2C(=O)C(=O)N(c3nc4ccc(C)cc4s3)[C@H]2c2ccc(C)cc2)cc1C. The lowest BCUT2D eigenvalue weighted by Gasteiger charge is -2.23. The molecule has 4 aromatic rings. The molecular weight excluding hydrogens is 460 g/mol. The monoisotopic (exact) mass is 484 g/mol. The van der Waals surface area contributed by atoms with Crippen LogP contribution in [-0.2, 0) is 9.59 Å². The topological polar surface area (TPSA) is 79.7 Å². The number of amides is 1. The van der Waals surface area contributed by atoms with Crippen LogP contribution in [0.4, 0.5) is 5.13 Å². The van der Waals surface area contributed by atoms with Crippen molar-refractivity contribution < 1.29 is 19.4 Å². The number of Topliss-reactive ketones (excluding diaryl/α,β-unsaturated/α-hetero) is 1. The Bertz CT molecular complexity index is 1520. The van der Waals surface area contributed by atoms with Crippen LogP contribution < -0.4 is 9.64 Å². The summed E-state index contributed by atoms with van der Waals surface area (Å²) in [6.07, 6.45) is 0. The second-order valence-corrected chi connectivity index (χ2v) is 9.74. The zero-order chi connectivity index (χ0) is 24.9. The Morgan fingerprint density at radius 3 is 2.37 bits per heavy atom. The Morgan fingerprint density at radius 1 is 0.971 bits per heavy atom. The molecule has 0 bridgehead atoms. The second kappa shape index (κ2) is 8.67. The largest absolute Gasteiger partial charge is 0.507 e. The Hall–Kier alpha value is -3.97. The summed E-state index contributed by atoms with van der Waals surface area (Å²) in [6, 6.07) is 17.8. The van der Waals surface area contributed by atoms with E-state index in [0.717, 1.165) is 32.5 Å². The van der Waals surface area contributed by atoms with Crippen molar-refractivity contribution in [2.45, 2.75) is 26.8 Å². The van der Waals surface area contributed by atoms with Crippen LogP contribution in [0.25, 0.3) is 16.0 Å². The van der Waals surface area contributed by atoms with Gasteiger partial charge in [0.25, 0.3) is 5.78 Å². The van der Waals surface area contributed by atoms with Crippen LogP contribution in [0.3, 0.4) is 0 Å². The first-order valence-electron chi connectivity index (χ1n) is 11.2. The molecule has 1 N–H and O–H groups in total. The number of aliphatic hydroxyl groups is 1. The molecule has 0 unspecified atom stereocenters. The van der Waals surface area contributed by atoms with Gasteiger partial charge < -0.3 is 9.84 Å². The zero-order valence-corrected chi connectivity index (χ0v) is 20.6. The number of aryl methyl sites for hydroxylation is 3. The molecular formula is C28H24N2O4S. The molecule has 1 amide bonds. The standard InChI is InChI=1S/C28H24N2O4S/c1-15-5-8-18(9-6-15)24-23(25(31)19-10-12-21(34-4)17(3)14-19)26(32)27(33)30(24)28-29-20-11-7-16(2)13-22(20)35-28/h5-14,24,31H,1-4H3/t24-/m0/s1. The average Bonchev–Trinajstić information content (AvgIpc) is 3.37. The molecule has 0 saturated carbocycles. The van der Waals surface area contributed by atoms with E-state index in [0.29, 0.717) is 16.4 Å². The molecule has 6 nitrogen and oxygen atoms in total. The summed E-state index contributed by atoms with van der Waals surface area (Å²) in [5.74, 6) is -1.00. The highest BCUT2D eigenvalue weighted by atomic mass is 32.1. The molecule has 1 saturated heterocycles. The molecule has 7 heteroatoms. The Labute approximate surface area is 207 Å². The van der Waals surface area contributed by atoms with E-state index in [-0.39, 0.29) is 11.3 Å². The number of hydrogen-bond donors (Lipinski definition) is 1. The number of thiazole rings is 1. The number of benzene rings is 3. The van der Waals surface area contributed by atoms with Crippen molar-refractivity contribution in [3.8, 4) is 5.75 Å². The van der Waals surface area contributed by atoms with E-state index in [4.69, 9.17) is 4.74 Å². The van der Waals surface area contributed by atoms with Gasteiger partial charge in [-0.1, -0.05) is 47.2 Å². The lowest BCUT2D eigenvalue weighted by molar-refractivity contribution is -0.132. The highest BCUT2D eigenvalue weighted by molar-refractivity contribution is 7.22. The van der Waals surface area contributed by atoms with Crippen LogP contribution in [0.15, 0.2) is 66.2 Å². The number of nitrogens with zero attached hydrogens (tertiary/aromatic N) is 2. The summed E-state index contributed by atoms with van der Waals surface area (Å²) in [5.41, 5.74) is 4.89. The lowest BCUT2D eigenvalue weighted by atomic mass is 9.94. The van der Waals surface area contributed by atoms with Crippen molar-refractivity contribution in [2.24, 2.45) is 0 Å². The number of rotatable bonds is 4. The van der Waals surface area contributed by atoms with E-state index in [9.17, 15) is 14.7 Å². The summed E-state index contributed by atoms with van der Waals surface area (Å²) in [4.78, 5) is 32.8. The van der Waals surface area contributed by atoms with E-state index in [1.165, 1.54) is 16.2 Å². The molecule has 176 valence electrons. The van der Waals surface area contributed by atoms with Crippen LogP contribution in [0, 0.1) is 20.8 Å². The van der Waals surface area contributed by atoms with Gasteiger partial charge in [-0.25, -0.2) is 4.98 Å². The molecule has 5 rings (SSSR count). The number of hydrogen-bond acceptors (Lipinski definition) is 6. The molecule has 0 radical (unpaired) electrons. The number of fused-ring (bicyclic) bond motifs is 1. The molecule has 35 heavy (non-hydrogen) atoms. The fourth-order valence-corrected chi connectivity index (χ4v) is 5.49. The summed E-state index contributed by atoms with van der Waals surface area (Å²) in [7, 11) is 1.57. The van der Waals surface area contributed by atoms with Crippen molar-refractivity contribution in [1.29, 1.82) is 0 Å². The van der Waals surface area contributed by atoms with E-state index in [1.807, 2.05) is 63.2 Å². The third-order valence-electron chi connectivity index (χ3n) is 6.24. The maximum Gasteiger partial charge on any atom is 0.301 e. The maximum atomic E-state index is 13.4. The number of aromatic nitrogens is 1. The fourth-order valence-electron chi connectivity index (χ4n) is 4.40. The minimum atomic E-state index is -0.806.